The topological polar surface area (TPSA) is 63.6 Å². The summed E-state index contributed by atoms with van der Waals surface area (Å²) in [5.41, 5.74) is 3.92. The summed E-state index contributed by atoms with van der Waals surface area (Å²) >= 11 is 1.31. The van der Waals surface area contributed by atoms with Crippen molar-refractivity contribution in [3.05, 3.63) is 89.0 Å². The molecular weight excluding hydrogens is 399 g/mol. The van der Waals surface area contributed by atoms with Crippen molar-refractivity contribution in [1.82, 2.24) is 19.7 Å². The van der Waals surface area contributed by atoms with E-state index in [9.17, 15) is 9.18 Å². The van der Waals surface area contributed by atoms with Crippen molar-refractivity contribution in [1.29, 1.82) is 0 Å². The van der Waals surface area contributed by atoms with Crippen LogP contribution in [0.3, 0.4) is 0 Å². The zero-order valence-corrected chi connectivity index (χ0v) is 17.5. The van der Waals surface area contributed by atoms with Crippen LogP contribution in [-0.2, 0) is 6.54 Å². The molecule has 0 aliphatic heterocycles. The van der Waals surface area contributed by atoms with E-state index >= 15 is 0 Å². The highest BCUT2D eigenvalue weighted by Gasteiger charge is 2.19. The molecule has 0 saturated carbocycles. The van der Waals surface area contributed by atoms with Gasteiger partial charge in [0.15, 0.2) is 16.8 Å². The molecule has 30 heavy (non-hydrogen) atoms. The van der Waals surface area contributed by atoms with E-state index in [1.165, 1.54) is 17.8 Å². The van der Waals surface area contributed by atoms with Gasteiger partial charge in [0.1, 0.15) is 5.82 Å². The average Bonchev–Trinajstić information content (AvgIpc) is 3.29. The van der Waals surface area contributed by atoms with Crippen molar-refractivity contribution in [2.75, 3.05) is 5.75 Å². The second-order valence-electron chi connectivity index (χ2n) is 7.06. The first-order chi connectivity index (χ1) is 14.5. The van der Waals surface area contributed by atoms with Gasteiger partial charge in [-0.2, -0.15) is 0 Å². The van der Waals surface area contributed by atoms with Crippen LogP contribution in [0.25, 0.3) is 11.4 Å². The Morgan fingerprint density at radius 1 is 1.07 bits per heavy atom. The number of aromatic nitrogens is 4. The third-order valence-electron chi connectivity index (χ3n) is 4.80. The van der Waals surface area contributed by atoms with E-state index in [0.29, 0.717) is 28.7 Å². The first kappa shape index (κ1) is 20.1. The highest BCUT2D eigenvalue weighted by molar-refractivity contribution is 7.99. The molecule has 1 N–H and O–H groups in total. The molecule has 2 aromatic heterocycles. The number of H-pyrrole nitrogens is 1. The van der Waals surface area contributed by atoms with Crippen molar-refractivity contribution >= 4 is 17.5 Å². The summed E-state index contributed by atoms with van der Waals surface area (Å²) in [6.07, 6.45) is 0. The molecule has 5 nitrogen and oxygen atoms in total. The lowest BCUT2D eigenvalue weighted by Gasteiger charge is -2.11. The van der Waals surface area contributed by atoms with Crippen LogP contribution in [0.1, 0.15) is 27.3 Å². The molecule has 7 heteroatoms. The number of halogens is 1. The molecule has 0 aliphatic rings. The van der Waals surface area contributed by atoms with Crippen molar-refractivity contribution < 1.29 is 9.18 Å². The van der Waals surface area contributed by atoms with Gasteiger partial charge in [0, 0.05) is 17.0 Å². The first-order valence-corrected chi connectivity index (χ1v) is 10.6. The van der Waals surface area contributed by atoms with Crippen LogP contribution in [0.15, 0.2) is 65.8 Å². The summed E-state index contributed by atoms with van der Waals surface area (Å²) < 4.78 is 16.3. The van der Waals surface area contributed by atoms with E-state index in [-0.39, 0.29) is 17.4 Å². The molecule has 0 unspecified atom stereocenters. The molecule has 0 atom stereocenters. The largest absolute Gasteiger partial charge is 0.362 e. The smallest absolute Gasteiger partial charge is 0.192 e. The number of hydrogen-bond acceptors (Lipinski definition) is 4. The fourth-order valence-corrected chi connectivity index (χ4v) is 4.19. The Morgan fingerprint density at radius 3 is 2.50 bits per heavy atom. The standard InChI is InChI=1S/C23H21FN4OS/c1-15-12-19(16(2)25-15)21(29)14-30-23-27-26-22(18-10-6-7-11-20(18)24)28(23)13-17-8-4-3-5-9-17/h3-12,25H,13-14H2,1-2H3. The summed E-state index contributed by atoms with van der Waals surface area (Å²) in [6.45, 7) is 4.30. The van der Waals surface area contributed by atoms with Crippen molar-refractivity contribution in [3.8, 4) is 11.4 Å². The second-order valence-corrected chi connectivity index (χ2v) is 8.00. The zero-order chi connectivity index (χ0) is 21.1. The SMILES string of the molecule is Cc1cc(C(=O)CSc2nnc(-c3ccccc3F)n2Cc2ccccc2)c(C)[nH]1. The lowest BCUT2D eigenvalue weighted by atomic mass is 10.2. The first-order valence-electron chi connectivity index (χ1n) is 9.57. The Bertz CT molecular complexity index is 1180. The number of carbonyl (C=O) groups excluding carboxylic acids is 1. The maximum absolute atomic E-state index is 14.4. The third kappa shape index (κ3) is 4.21. The third-order valence-corrected chi connectivity index (χ3v) is 5.76. The second kappa shape index (κ2) is 8.67. The molecular formula is C23H21FN4OS. The lowest BCUT2D eigenvalue weighted by molar-refractivity contribution is 0.102. The van der Waals surface area contributed by atoms with E-state index in [4.69, 9.17) is 0 Å². The normalized spacial score (nSPS) is 11.0. The molecule has 0 bridgehead atoms. The van der Waals surface area contributed by atoms with E-state index in [0.717, 1.165) is 17.0 Å². The van der Waals surface area contributed by atoms with Crippen molar-refractivity contribution in [3.63, 3.8) is 0 Å². The lowest BCUT2D eigenvalue weighted by Crippen LogP contribution is -2.07. The van der Waals surface area contributed by atoms with E-state index in [1.807, 2.05) is 54.8 Å². The Labute approximate surface area is 178 Å². The number of nitrogens with one attached hydrogen (secondary N) is 1. The number of aryl methyl sites for hydroxylation is 2. The molecule has 0 fully saturated rings. The van der Waals surface area contributed by atoms with Gasteiger partial charge in [0.05, 0.1) is 17.9 Å². The number of carbonyl (C=O) groups is 1. The summed E-state index contributed by atoms with van der Waals surface area (Å²) in [6, 6.07) is 18.2. The highest BCUT2D eigenvalue weighted by Crippen LogP contribution is 2.27. The summed E-state index contributed by atoms with van der Waals surface area (Å²) in [5.74, 6) is 0.330. The van der Waals surface area contributed by atoms with Gasteiger partial charge < -0.3 is 4.98 Å². The maximum Gasteiger partial charge on any atom is 0.192 e. The predicted molar refractivity (Wildman–Crippen MR) is 116 cm³/mol. The predicted octanol–water partition coefficient (Wildman–Crippen LogP) is 5.05. The maximum atomic E-state index is 14.4. The zero-order valence-electron chi connectivity index (χ0n) is 16.7. The molecule has 4 rings (SSSR count). The van der Waals surface area contributed by atoms with E-state index in [2.05, 4.69) is 15.2 Å². The van der Waals surface area contributed by atoms with Gasteiger partial charge in [-0.3, -0.25) is 9.36 Å². The van der Waals surface area contributed by atoms with Crippen LogP contribution in [0.5, 0.6) is 0 Å². The Hall–Kier alpha value is -3.19. The molecule has 2 heterocycles. The summed E-state index contributed by atoms with van der Waals surface area (Å²) in [7, 11) is 0. The Kier molecular flexibility index (Phi) is 5.81. The number of benzene rings is 2. The molecule has 0 aliphatic carbocycles. The minimum absolute atomic E-state index is 0.0172. The minimum atomic E-state index is -0.356. The number of rotatable bonds is 7. The van der Waals surface area contributed by atoms with Gasteiger partial charge in [-0.15, -0.1) is 10.2 Å². The molecule has 152 valence electrons. The van der Waals surface area contributed by atoms with E-state index in [1.54, 1.807) is 18.2 Å². The fraction of sp³-hybridized carbons (Fsp3) is 0.174. The average molecular weight is 421 g/mol. The molecule has 0 spiro atoms. The quantitative estimate of drug-likeness (QED) is 0.336. The van der Waals surface area contributed by atoms with Crippen LogP contribution < -0.4 is 0 Å². The van der Waals surface area contributed by atoms with Crippen LogP contribution in [0.2, 0.25) is 0 Å². The van der Waals surface area contributed by atoms with Crippen LogP contribution in [-0.4, -0.2) is 31.3 Å². The number of hydrogen-bond donors (Lipinski definition) is 1. The summed E-state index contributed by atoms with van der Waals surface area (Å²) in [4.78, 5) is 15.9. The summed E-state index contributed by atoms with van der Waals surface area (Å²) in [5, 5.41) is 9.10. The number of nitrogens with zero attached hydrogens (tertiary/aromatic N) is 3. The molecule has 4 aromatic rings. The van der Waals surface area contributed by atoms with Gasteiger partial charge in [0.2, 0.25) is 0 Å². The molecule has 2 aromatic carbocycles. The monoisotopic (exact) mass is 420 g/mol. The number of ketones is 1. The van der Waals surface area contributed by atoms with Crippen molar-refractivity contribution in [2.45, 2.75) is 25.5 Å². The number of Topliss-reactive ketones (excluding diaryl/α,β-unsaturated/α-hetero) is 1. The minimum Gasteiger partial charge on any atom is -0.362 e. The van der Waals surface area contributed by atoms with Crippen LogP contribution >= 0.6 is 11.8 Å². The molecule has 0 saturated heterocycles. The van der Waals surface area contributed by atoms with Gasteiger partial charge in [-0.05, 0) is 37.6 Å². The van der Waals surface area contributed by atoms with Crippen LogP contribution in [0.4, 0.5) is 4.39 Å². The molecule has 0 radical (unpaired) electrons. The van der Waals surface area contributed by atoms with Gasteiger partial charge >= 0.3 is 0 Å². The Morgan fingerprint density at radius 2 is 1.80 bits per heavy atom. The van der Waals surface area contributed by atoms with Gasteiger partial charge in [-0.1, -0.05) is 54.2 Å². The van der Waals surface area contributed by atoms with Crippen LogP contribution in [0, 0.1) is 19.7 Å². The Balaban J connectivity index is 1.65. The number of aromatic amines is 1. The van der Waals surface area contributed by atoms with Gasteiger partial charge in [-0.25, -0.2) is 4.39 Å². The van der Waals surface area contributed by atoms with E-state index < -0.39 is 0 Å². The molecule has 0 amide bonds. The number of thioether (sulfide) groups is 1. The van der Waals surface area contributed by atoms with Gasteiger partial charge in [0.25, 0.3) is 0 Å². The highest BCUT2D eigenvalue weighted by atomic mass is 32.2. The fourth-order valence-electron chi connectivity index (χ4n) is 3.37. The van der Waals surface area contributed by atoms with Crippen molar-refractivity contribution in [2.24, 2.45) is 0 Å².